The number of aliphatic hydroxyl groups excluding tert-OH is 1. The maximum Gasteiger partial charge on any atom is 0.254 e. The number of rotatable bonds is 4. The smallest absolute Gasteiger partial charge is 0.254 e. The lowest BCUT2D eigenvalue weighted by Gasteiger charge is -2.16. The largest absolute Gasteiger partial charge is 0.395 e. The molecule has 1 rings (SSSR count). The first kappa shape index (κ1) is 15.8. The SMILES string of the molecule is Cc1ccc(C#CCCO)c(C(=O)N(C)CCC#N)c1. The Balaban J connectivity index is 3.03. The number of aryl methyl sites for hydroxylation is 1. The first-order valence-corrected chi connectivity index (χ1v) is 6.43. The average Bonchev–Trinajstić information content (AvgIpc) is 2.45. The van der Waals surface area contributed by atoms with Crippen LogP contribution >= 0.6 is 0 Å². The molecule has 0 aliphatic heterocycles. The number of aliphatic hydroxyl groups is 1. The summed E-state index contributed by atoms with van der Waals surface area (Å²) in [6.07, 6.45) is 0.686. The summed E-state index contributed by atoms with van der Waals surface area (Å²) in [6, 6.07) is 7.53. The molecule has 0 aliphatic carbocycles. The summed E-state index contributed by atoms with van der Waals surface area (Å²) in [4.78, 5) is 13.9. The van der Waals surface area contributed by atoms with Crippen molar-refractivity contribution in [3.8, 4) is 17.9 Å². The molecule has 0 spiro atoms. The highest BCUT2D eigenvalue weighted by Gasteiger charge is 2.14. The number of nitrogens with zero attached hydrogens (tertiary/aromatic N) is 2. The van der Waals surface area contributed by atoms with Gasteiger partial charge >= 0.3 is 0 Å². The van der Waals surface area contributed by atoms with Gasteiger partial charge in [-0.3, -0.25) is 4.79 Å². The molecule has 4 heteroatoms. The Hall–Kier alpha value is -2.30. The normalized spacial score (nSPS) is 9.30. The molecule has 1 aromatic carbocycles. The first-order chi connectivity index (χ1) is 9.60. The van der Waals surface area contributed by atoms with E-state index in [9.17, 15) is 4.79 Å². The highest BCUT2D eigenvalue weighted by Crippen LogP contribution is 2.13. The minimum Gasteiger partial charge on any atom is -0.395 e. The Morgan fingerprint density at radius 3 is 2.80 bits per heavy atom. The van der Waals surface area contributed by atoms with Gasteiger partial charge in [0, 0.05) is 25.6 Å². The zero-order chi connectivity index (χ0) is 15.0. The van der Waals surface area contributed by atoms with Crippen molar-refractivity contribution in [2.75, 3.05) is 20.2 Å². The number of amides is 1. The topological polar surface area (TPSA) is 64.3 Å². The predicted molar refractivity (Wildman–Crippen MR) is 77.0 cm³/mol. The van der Waals surface area contributed by atoms with Crippen LogP contribution in [0.15, 0.2) is 18.2 Å². The van der Waals surface area contributed by atoms with Crippen molar-refractivity contribution in [1.29, 1.82) is 5.26 Å². The second-order valence-electron chi connectivity index (χ2n) is 4.46. The lowest BCUT2D eigenvalue weighted by atomic mass is 10.0. The lowest BCUT2D eigenvalue weighted by molar-refractivity contribution is 0.0797. The van der Waals surface area contributed by atoms with Crippen molar-refractivity contribution in [3.05, 3.63) is 34.9 Å². The molecule has 0 aliphatic rings. The van der Waals surface area contributed by atoms with E-state index in [0.717, 1.165) is 5.56 Å². The third-order valence-corrected chi connectivity index (χ3v) is 2.77. The fourth-order valence-corrected chi connectivity index (χ4v) is 1.68. The van der Waals surface area contributed by atoms with Crippen molar-refractivity contribution < 1.29 is 9.90 Å². The van der Waals surface area contributed by atoms with E-state index in [-0.39, 0.29) is 12.5 Å². The van der Waals surface area contributed by atoms with E-state index in [0.29, 0.717) is 30.5 Å². The van der Waals surface area contributed by atoms with E-state index in [1.54, 1.807) is 13.1 Å². The van der Waals surface area contributed by atoms with E-state index < -0.39 is 0 Å². The van der Waals surface area contributed by atoms with Crippen molar-refractivity contribution in [2.45, 2.75) is 19.8 Å². The summed E-state index contributed by atoms with van der Waals surface area (Å²) < 4.78 is 0. The van der Waals surface area contributed by atoms with Gasteiger partial charge in [-0.2, -0.15) is 5.26 Å². The molecule has 0 bridgehead atoms. The van der Waals surface area contributed by atoms with Crippen LogP contribution in [0.2, 0.25) is 0 Å². The Morgan fingerprint density at radius 1 is 1.40 bits per heavy atom. The quantitative estimate of drug-likeness (QED) is 0.847. The molecule has 0 radical (unpaired) electrons. The van der Waals surface area contributed by atoms with Gasteiger partial charge in [-0.05, 0) is 19.1 Å². The monoisotopic (exact) mass is 270 g/mol. The fourth-order valence-electron chi connectivity index (χ4n) is 1.68. The summed E-state index contributed by atoms with van der Waals surface area (Å²) in [7, 11) is 1.67. The van der Waals surface area contributed by atoms with Crippen molar-refractivity contribution in [1.82, 2.24) is 4.90 Å². The Kier molecular flexibility index (Phi) is 6.29. The zero-order valence-corrected chi connectivity index (χ0v) is 11.8. The molecule has 0 saturated heterocycles. The maximum atomic E-state index is 12.4. The number of hydrogen-bond donors (Lipinski definition) is 1. The second kappa shape index (κ2) is 7.99. The van der Waals surface area contributed by atoms with Crippen molar-refractivity contribution in [2.24, 2.45) is 0 Å². The van der Waals surface area contributed by atoms with Gasteiger partial charge in [0.05, 0.1) is 24.7 Å². The fraction of sp³-hybridized carbons (Fsp3) is 0.375. The lowest BCUT2D eigenvalue weighted by Crippen LogP contribution is -2.28. The number of hydrogen-bond acceptors (Lipinski definition) is 3. The van der Waals surface area contributed by atoms with Gasteiger partial charge < -0.3 is 10.0 Å². The summed E-state index contributed by atoms with van der Waals surface area (Å²) in [5.41, 5.74) is 2.17. The highest BCUT2D eigenvalue weighted by molar-refractivity contribution is 5.96. The summed E-state index contributed by atoms with van der Waals surface area (Å²) >= 11 is 0. The predicted octanol–water partition coefficient (Wildman–Crippen LogP) is 1.71. The third kappa shape index (κ3) is 4.42. The molecule has 20 heavy (non-hydrogen) atoms. The number of carbonyl (C=O) groups is 1. The van der Waals surface area contributed by atoms with E-state index >= 15 is 0 Å². The third-order valence-electron chi connectivity index (χ3n) is 2.77. The molecule has 0 saturated carbocycles. The molecule has 1 N–H and O–H groups in total. The molecule has 0 fully saturated rings. The van der Waals surface area contributed by atoms with E-state index in [1.165, 1.54) is 4.90 Å². The Bertz CT molecular complexity index is 576. The van der Waals surface area contributed by atoms with Crippen LogP contribution in [0.1, 0.15) is 34.3 Å². The van der Waals surface area contributed by atoms with Crippen LogP contribution < -0.4 is 0 Å². The van der Waals surface area contributed by atoms with Gasteiger partial charge in [0.15, 0.2) is 0 Å². The van der Waals surface area contributed by atoms with Crippen molar-refractivity contribution in [3.63, 3.8) is 0 Å². The van der Waals surface area contributed by atoms with Crippen LogP contribution in [0.25, 0.3) is 0 Å². The molecule has 1 aromatic rings. The highest BCUT2D eigenvalue weighted by atomic mass is 16.2. The molecule has 0 aromatic heterocycles. The molecular formula is C16H18N2O2. The van der Waals surface area contributed by atoms with Gasteiger partial charge in [0.25, 0.3) is 5.91 Å². The van der Waals surface area contributed by atoms with Crippen molar-refractivity contribution >= 4 is 5.91 Å². The summed E-state index contributed by atoms with van der Waals surface area (Å²) in [5.74, 6) is 5.59. The van der Waals surface area contributed by atoms with Crippen LogP contribution in [0, 0.1) is 30.1 Å². The van der Waals surface area contributed by atoms with Gasteiger partial charge in [0.1, 0.15) is 0 Å². The molecule has 1 amide bonds. The number of carbonyl (C=O) groups excluding carboxylic acids is 1. The molecule has 0 atom stereocenters. The van der Waals surface area contributed by atoms with Crippen LogP contribution in [0.5, 0.6) is 0 Å². The van der Waals surface area contributed by atoms with Gasteiger partial charge in [-0.15, -0.1) is 0 Å². The van der Waals surface area contributed by atoms with E-state index in [4.69, 9.17) is 10.4 Å². The molecule has 104 valence electrons. The molecule has 0 unspecified atom stereocenters. The van der Waals surface area contributed by atoms with Gasteiger partial charge in [-0.25, -0.2) is 0 Å². The average molecular weight is 270 g/mol. The van der Waals surface area contributed by atoms with Crippen LogP contribution in [0.4, 0.5) is 0 Å². The molecular weight excluding hydrogens is 252 g/mol. The first-order valence-electron chi connectivity index (χ1n) is 6.43. The second-order valence-corrected chi connectivity index (χ2v) is 4.46. The number of benzene rings is 1. The van der Waals surface area contributed by atoms with Crippen LogP contribution in [-0.4, -0.2) is 36.1 Å². The Morgan fingerprint density at radius 2 is 2.15 bits per heavy atom. The van der Waals surface area contributed by atoms with Gasteiger partial charge in [0.2, 0.25) is 0 Å². The van der Waals surface area contributed by atoms with Crippen LogP contribution in [0.3, 0.4) is 0 Å². The zero-order valence-electron chi connectivity index (χ0n) is 11.8. The molecule has 4 nitrogen and oxygen atoms in total. The Labute approximate surface area is 119 Å². The molecule has 0 heterocycles. The minimum atomic E-state index is -0.141. The minimum absolute atomic E-state index is 0.00418. The van der Waals surface area contributed by atoms with Crippen LogP contribution in [-0.2, 0) is 0 Å². The summed E-state index contributed by atoms with van der Waals surface area (Å²) in [6.45, 7) is 2.31. The van der Waals surface area contributed by atoms with Gasteiger partial charge in [-0.1, -0.05) is 23.5 Å². The standard InChI is InChI=1S/C16H18N2O2/c1-13-7-8-14(6-3-4-11-19)15(12-13)16(20)18(2)10-5-9-17/h7-8,12,19H,4-5,10-11H2,1-2H3. The van der Waals surface area contributed by atoms with E-state index in [2.05, 4.69) is 11.8 Å². The number of nitriles is 1. The maximum absolute atomic E-state index is 12.4. The van der Waals surface area contributed by atoms with E-state index in [1.807, 2.05) is 25.1 Å². The summed E-state index contributed by atoms with van der Waals surface area (Å²) in [5, 5.41) is 17.3.